The highest BCUT2D eigenvalue weighted by molar-refractivity contribution is 9.09. The molecule has 0 bridgehead atoms. The van der Waals surface area contributed by atoms with Crippen molar-refractivity contribution in [1.29, 1.82) is 0 Å². The van der Waals surface area contributed by atoms with E-state index in [0.717, 1.165) is 6.07 Å². The van der Waals surface area contributed by atoms with E-state index in [0.29, 0.717) is 16.7 Å². The van der Waals surface area contributed by atoms with Gasteiger partial charge in [-0.2, -0.15) is 0 Å². The first kappa shape index (κ1) is 15.4. The highest BCUT2D eigenvalue weighted by Gasteiger charge is 2.23. The van der Waals surface area contributed by atoms with Crippen LogP contribution in [-0.4, -0.2) is 0 Å². The summed E-state index contributed by atoms with van der Waals surface area (Å²) in [5.74, 6) is -1.76. The zero-order valence-corrected chi connectivity index (χ0v) is 13.1. The summed E-state index contributed by atoms with van der Waals surface area (Å²) >= 11 is 9.23. The fourth-order valence-electron chi connectivity index (χ4n) is 1.94. The van der Waals surface area contributed by atoms with Gasteiger partial charge < -0.3 is 0 Å². The van der Waals surface area contributed by atoms with Crippen molar-refractivity contribution in [2.45, 2.75) is 18.7 Å². The van der Waals surface area contributed by atoms with Gasteiger partial charge in [-0.1, -0.05) is 39.7 Å². The first-order valence-corrected chi connectivity index (χ1v) is 7.16. The molecule has 0 spiro atoms. The number of hydrogen-bond acceptors (Lipinski definition) is 0. The molecule has 0 fully saturated rings. The van der Waals surface area contributed by atoms with E-state index in [-0.39, 0.29) is 10.6 Å². The van der Waals surface area contributed by atoms with E-state index in [1.165, 1.54) is 18.2 Å². The Morgan fingerprint density at radius 2 is 1.65 bits per heavy atom. The Morgan fingerprint density at radius 3 is 2.30 bits per heavy atom. The third-order valence-corrected chi connectivity index (χ3v) is 4.40. The third-order valence-electron chi connectivity index (χ3n) is 3.12. The highest BCUT2D eigenvalue weighted by atomic mass is 79.9. The SMILES string of the molecule is Cc1cc(C(Br)c2c(F)ccc(C)c2F)c(Cl)cc1F. The van der Waals surface area contributed by atoms with Gasteiger partial charge in [0.2, 0.25) is 0 Å². The summed E-state index contributed by atoms with van der Waals surface area (Å²) in [5.41, 5.74) is 0.995. The van der Waals surface area contributed by atoms with Crippen LogP contribution in [0.5, 0.6) is 0 Å². The van der Waals surface area contributed by atoms with Gasteiger partial charge in [0.1, 0.15) is 17.5 Å². The van der Waals surface area contributed by atoms with Crippen molar-refractivity contribution in [3.05, 3.63) is 69.0 Å². The molecule has 0 heterocycles. The fraction of sp³-hybridized carbons (Fsp3) is 0.200. The van der Waals surface area contributed by atoms with Crippen molar-refractivity contribution >= 4 is 27.5 Å². The van der Waals surface area contributed by atoms with Crippen molar-refractivity contribution in [2.75, 3.05) is 0 Å². The molecular formula is C15H11BrClF3. The summed E-state index contributed by atoms with van der Waals surface area (Å²) in [4.78, 5) is -0.783. The molecule has 0 radical (unpaired) electrons. The zero-order valence-electron chi connectivity index (χ0n) is 10.8. The molecule has 2 rings (SSSR count). The van der Waals surface area contributed by atoms with E-state index in [4.69, 9.17) is 11.6 Å². The molecule has 0 aliphatic carbocycles. The van der Waals surface area contributed by atoms with Crippen LogP contribution in [0.2, 0.25) is 5.02 Å². The van der Waals surface area contributed by atoms with Crippen molar-refractivity contribution in [3.63, 3.8) is 0 Å². The number of halogens is 5. The van der Waals surface area contributed by atoms with Gasteiger partial charge in [0.15, 0.2) is 0 Å². The standard InChI is InChI=1S/C15H11BrClF3/c1-7-3-4-11(18)13(15(7)20)14(16)9-5-8(2)12(19)6-10(9)17/h3-6,14H,1-2H3. The molecular weight excluding hydrogens is 353 g/mol. The first-order chi connectivity index (χ1) is 9.32. The summed E-state index contributed by atoms with van der Waals surface area (Å²) in [5, 5.41) is 0.121. The summed E-state index contributed by atoms with van der Waals surface area (Å²) < 4.78 is 41.4. The maximum Gasteiger partial charge on any atom is 0.133 e. The number of aryl methyl sites for hydroxylation is 2. The minimum atomic E-state index is -0.783. The highest BCUT2D eigenvalue weighted by Crippen LogP contribution is 2.39. The number of hydrogen-bond donors (Lipinski definition) is 0. The average molecular weight is 364 g/mol. The van der Waals surface area contributed by atoms with Crippen LogP contribution in [-0.2, 0) is 0 Å². The molecule has 0 aromatic heterocycles. The van der Waals surface area contributed by atoms with E-state index in [2.05, 4.69) is 15.9 Å². The monoisotopic (exact) mass is 362 g/mol. The zero-order chi connectivity index (χ0) is 15.0. The van der Waals surface area contributed by atoms with Gasteiger partial charge in [0, 0.05) is 10.6 Å². The van der Waals surface area contributed by atoms with Crippen molar-refractivity contribution < 1.29 is 13.2 Å². The number of rotatable bonds is 2. The molecule has 2 aromatic carbocycles. The van der Waals surface area contributed by atoms with Crippen LogP contribution in [0.4, 0.5) is 13.2 Å². The fourth-order valence-corrected chi connectivity index (χ4v) is 3.13. The lowest BCUT2D eigenvalue weighted by Crippen LogP contribution is -2.04. The summed E-state index contributed by atoms with van der Waals surface area (Å²) in [6.07, 6.45) is 0. The van der Waals surface area contributed by atoms with Crippen molar-refractivity contribution in [1.82, 2.24) is 0 Å². The van der Waals surface area contributed by atoms with Gasteiger partial charge in [-0.25, -0.2) is 13.2 Å². The number of alkyl halides is 1. The van der Waals surface area contributed by atoms with Crippen LogP contribution in [0.3, 0.4) is 0 Å². The van der Waals surface area contributed by atoms with Crippen LogP contribution in [0.1, 0.15) is 27.1 Å². The lowest BCUT2D eigenvalue weighted by molar-refractivity contribution is 0.555. The second-order valence-electron chi connectivity index (χ2n) is 4.58. The van der Waals surface area contributed by atoms with Gasteiger partial charge >= 0.3 is 0 Å². The lowest BCUT2D eigenvalue weighted by Gasteiger charge is -2.16. The predicted octanol–water partition coefficient (Wildman–Crippen LogP) is 5.86. The topological polar surface area (TPSA) is 0 Å². The van der Waals surface area contributed by atoms with E-state index in [1.807, 2.05) is 0 Å². The largest absolute Gasteiger partial charge is 0.207 e. The normalized spacial score (nSPS) is 12.6. The second kappa shape index (κ2) is 5.78. The van der Waals surface area contributed by atoms with E-state index >= 15 is 0 Å². The molecule has 0 aliphatic heterocycles. The van der Waals surface area contributed by atoms with E-state index < -0.39 is 22.3 Å². The maximum absolute atomic E-state index is 14.1. The first-order valence-electron chi connectivity index (χ1n) is 5.87. The molecule has 5 heteroatoms. The molecule has 0 amide bonds. The minimum Gasteiger partial charge on any atom is -0.207 e. The van der Waals surface area contributed by atoms with Crippen LogP contribution in [0.15, 0.2) is 24.3 Å². The van der Waals surface area contributed by atoms with Gasteiger partial charge in [0.25, 0.3) is 0 Å². The van der Waals surface area contributed by atoms with E-state index in [1.54, 1.807) is 13.8 Å². The molecule has 20 heavy (non-hydrogen) atoms. The van der Waals surface area contributed by atoms with Gasteiger partial charge in [-0.15, -0.1) is 0 Å². The number of benzene rings is 2. The van der Waals surface area contributed by atoms with Gasteiger partial charge in [-0.05, 0) is 42.7 Å². The molecule has 0 saturated heterocycles. The summed E-state index contributed by atoms with van der Waals surface area (Å²) in [6, 6.07) is 5.20. The Hall–Kier alpha value is -1.00. The molecule has 2 aromatic rings. The molecule has 0 aliphatic rings. The van der Waals surface area contributed by atoms with Gasteiger partial charge in [-0.3, -0.25) is 0 Å². The molecule has 0 N–H and O–H groups in total. The minimum absolute atomic E-state index is 0.121. The maximum atomic E-state index is 14.1. The Balaban J connectivity index is 2.60. The molecule has 0 saturated carbocycles. The lowest BCUT2D eigenvalue weighted by atomic mass is 10.00. The van der Waals surface area contributed by atoms with Crippen LogP contribution in [0, 0.1) is 31.3 Å². The Morgan fingerprint density at radius 1 is 1.00 bits per heavy atom. The Bertz CT molecular complexity index is 671. The Labute approximate surface area is 128 Å². The summed E-state index contributed by atoms with van der Waals surface area (Å²) in [7, 11) is 0. The van der Waals surface area contributed by atoms with Crippen molar-refractivity contribution in [2.24, 2.45) is 0 Å². The average Bonchev–Trinajstić information content (AvgIpc) is 2.38. The Kier molecular flexibility index (Phi) is 4.45. The second-order valence-corrected chi connectivity index (χ2v) is 5.90. The quantitative estimate of drug-likeness (QED) is 0.586. The summed E-state index contributed by atoms with van der Waals surface area (Å²) in [6.45, 7) is 3.12. The molecule has 1 unspecified atom stereocenters. The van der Waals surface area contributed by atoms with Crippen LogP contribution >= 0.6 is 27.5 Å². The molecule has 1 atom stereocenters. The molecule has 0 nitrogen and oxygen atoms in total. The predicted molar refractivity (Wildman–Crippen MR) is 78.0 cm³/mol. The van der Waals surface area contributed by atoms with Gasteiger partial charge in [0.05, 0.1) is 4.83 Å². The van der Waals surface area contributed by atoms with Crippen LogP contribution < -0.4 is 0 Å². The molecule has 106 valence electrons. The third kappa shape index (κ3) is 2.72. The van der Waals surface area contributed by atoms with E-state index in [9.17, 15) is 13.2 Å². The smallest absolute Gasteiger partial charge is 0.133 e. The van der Waals surface area contributed by atoms with Crippen molar-refractivity contribution in [3.8, 4) is 0 Å². The van der Waals surface area contributed by atoms with Crippen LogP contribution in [0.25, 0.3) is 0 Å².